The molecule has 1 saturated heterocycles. The van der Waals surface area contributed by atoms with Crippen LogP contribution in [0.4, 0.5) is 0 Å². The van der Waals surface area contributed by atoms with Crippen molar-refractivity contribution in [3.05, 3.63) is 102 Å². The molecule has 0 saturated carbocycles. The highest BCUT2D eigenvalue weighted by Gasteiger charge is 2.30. The van der Waals surface area contributed by atoms with E-state index in [-0.39, 0.29) is 24.3 Å². The number of hydrogen-bond acceptors (Lipinski definition) is 3. The molecule has 1 aliphatic heterocycles. The summed E-state index contributed by atoms with van der Waals surface area (Å²) in [6.45, 7) is 2.07. The molecular weight excluding hydrogens is 388 g/mol. The standard InChI is InChI=1S/C26H26N2O3/c29-24(20-31-23-14-8-3-9-15-23)27-16-18-28(19-17-27)26(30)25(21-10-4-1-5-11-21)22-12-6-2-7-13-22/h1-15,25H,16-20H2. The van der Waals surface area contributed by atoms with Crippen molar-refractivity contribution >= 4 is 11.8 Å². The molecular formula is C26H26N2O3. The van der Waals surface area contributed by atoms with Crippen molar-refractivity contribution in [3.63, 3.8) is 0 Å². The van der Waals surface area contributed by atoms with E-state index in [9.17, 15) is 9.59 Å². The first-order chi connectivity index (χ1) is 15.2. The van der Waals surface area contributed by atoms with Crippen LogP contribution in [-0.2, 0) is 9.59 Å². The van der Waals surface area contributed by atoms with Gasteiger partial charge in [-0.1, -0.05) is 78.9 Å². The number of para-hydroxylation sites is 1. The molecule has 0 radical (unpaired) electrons. The summed E-state index contributed by atoms with van der Waals surface area (Å²) in [5, 5.41) is 0. The van der Waals surface area contributed by atoms with Gasteiger partial charge >= 0.3 is 0 Å². The topological polar surface area (TPSA) is 49.9 Å². The van der Waals surface area contributed by atoms with E-state index in [1.807, 2.05) is 95.9 Å². The zero-order valence-electron chi connectivity index (χ0n) is 17.4. The Balaban J connectivity index is 1.39. The van der Waals surface area contributed by atoms with Crippen molar-refractivity contribution in [1.29, 1.82) is 0 Å². The quantitative estimate of drug-likeness (QED) is 0.620. The minimum atomic E-state index is -0.342. The lowest BCUT2D eigenvalue weighted by atomic mass is 9.90. The van der Waals surface area contributed by atoms with Crippen LogP contribution >= 0.6 is 0 Å². The average Bonchev–Trinajstić information content (AvgIpc) is 2.85. The molecule has 0 aromatic heterocycles. The monoisotopic (exact) mass is 414 g/mol. The van der Waals surface area contributed by atoms with Crippen molar-refractivity contribution in [2.45, 2.75) is 5.92 Å². The van der Waals surface area contributed by atoms with Gasteiger partial charge < -0.3 is 14.5 Å². The SMILES string of the molecule is O=C(COc1ccccc1)N1CCN(C(=O)C(c2ccccc2)c2ccccc2)CC1. The molecule has 3 aromatic rings. The van der Waals surface area contributed by atoms with Gasteiger partial charge in [0.15, 0.2) is 6.61 Å². The number of benzene rings is 3. The normalized spacial score (nSPS) is 13.8. The molecule has 3 aromatic carbocycles. The molecule has 5 heteroatoms. The number of carbonyl (C=O) groups is 2. The van der Waals surface area contributed by atoms with Gasteiger partial charge in [0.1, 0.15) is 5.75 Å². The fourth-order valence-corrected chi connectivity index (χ4v) is 3.88. The number of piperazine rings is 1. The van der Waals surface area contributed by atoms with Gasteiger partial charge in [-0.15, -0.1) is 0 Å². The Kier molecular flexibility index (Phi) is 6.62. The Morgan fingerprint density at radius 2 is 1.13 bits per heavy atom. The van der Waals surface area contributed by atoms with Crippen LogP contribution in [0.2, 0.25) is 0 Å². The summed E-state index contributed by atoms with van der Waals surface area (Å²) in [5.74, 6) is 0.355. The van der Waals surface area contributed by atoms with Crippen LogP contribution in [0.3, 0.4) is 0 Å². The van der Waals surface area contributed by atoms with Gasteiger partial charge in [0, 0.05) is 26.2 Å². The molecule has 158 valence electrons. The molecule has 1 aliphatic rings. The highest BCUT2D eigenvalue weighted by atomic mass is 16.5. The fraction of sp³-hybridized carbons (Fsp3) is 0.231. The van der Waals surface area contributed by atoms with E-state index >= 15 is 0 Å². The predicted molar refractivity (Wildman–Crippen MR) is 120 cm³/mol. The minimum Gasteiger partial charge on any atom is -0.484 e. The predicted octanol–water partition coefficient (Wildman–Crippen LogP) is 3.57. The second-order valence-electron chi connectivity index (χ2n) is 7.56. The molecule has 0 bridgehead atoms. The summed E-state index contributed by atoms with van der Waals surface area (Å²) in [6, 6.07) is 29.1. The van der Waals surface area contributed by atoms with Crippen LogP contribution in [0.1, 0.15) is 17.0 Å². The Morgan fingerprint density at radius 1 is 0.677 bits per heavy atom. The third-order valence-electron chi connectivity index (χ3n) is 5.56. The maximum atomic E-state index is 13.5. The highest BCUT2D eigenvalue weighted by molar-refractivity contribution is 5.87. The number of amides is 2. The Bertz CT molecular complexity index is 945. The van der Waals surface area contributed by atoms with Crippen LogP contribution in [-0.4, -0.2) is 54.4 Å². The average molecular weight is 415 g/mol. The molecule has 0 unspecified atom stereocenters. The molecule has 1 fully saturated rings. The maximum Gasteiger partial charge on any atom is 0.260 e. The van der Waals surface area contributed by atoms with Crippen molar-refractivity contribution < 1.29 is 14.3 Å². The maximum absolute atomic E-state index is 13.5. The number of rotatable bonds is 6. The van der Waals surface area contributed by atoms with E-state index in [0.29, 0.717) is 31.9 Å². The number of nitrogens with zero attached hydrogens (tertiary/aromatic N) is 2. The zero-order valence-corrected chi connectivity index (χ0v) is 17.4. The second-order valence-corrected chi connectivity index (χ2v) is 7.56. The van der Waals surface area contributed by atoms with E-state index in [2.05, 4.69) is 0 Å². The van der Waals surface area contributed by atoms with E-state index in [0.717, 1.165) is 11.1 Å². The first kappa shape index (κ1) is 20.7. The molecule has 5 nitrogen and oxygen atoms in total. The fourth-order valence-electron chi connectivity index (χ4n) is 3.88. The van der Waals surface area contributed by atoms with Crippen molar-refractivity contribution in [2.75, 3.05) is 32.8 Å². The Labute approximate surface area is 182 Å². The van der Waals surface area contributed by atoms with E-state index in [1.165, 1.54) is 0 Å². The lowest BCUT2D eigenvalue weighted by molar-refractivity contribution is -0.141. The minimum absolute atomic E-state index is 0.00855. The Hall–Kier alpha value is -3.60. The van der Waals surface area contributed by atoms with Gasteiger partial charge in [-0.25, -0.2) is 0 Å². The molecule has 2 amide bonds. The summed E-state index contributed by atoms with van der Waals surface area (Å²) in [6.07, 6.45) is 0. The largest absolute Gasteiger partial charge is 0.484 e. The van der Waals surface area contributed by atoms with Crippen LogP contribution in [0.25, 0.3) is 0 Å². The van der Waals surface area contributed by atoms with Gasteiger partial charge in [0.2, 0.25) is 5.91 Å². The molecule has 0 N–H and O–H groups in total. The molecule has 31 heavy (non-hydrogen) atoms. The molecule has 0 atom stereocenters. The summed E-state index contributed by atoms with van der Waals surface area (Å²) in [4.78, 5) is 29.6. The third kappa shape index (κ3) is 5.12. The number of carbonyl (C=O) groups excluding carboxylic acids is 2. The highest BCUT2D eigenvalue weighted by Crippen LogP contribution is 2.27. The number of ether oxygens (including phenoxy) is 1. The molecule has 4 rings (SSSR count). The van der Waals surface area contributed by atoms with Gasteiger partial charge in [-0.05, 0) is 23.3 Å². The first-order valence-electron chi connectivity index (χ1n) is 10.6. The van der Waals surface area contributed by atoms with Crippen LogP contribution in [0.15, 0.2) is 91.0 Å². The Morgan fingerprint density at radius 3 is 1.65 bits per heavy atom. The van der Waals surface area contributed by atoms with Crippen molar-refractivity contribution in [1.82, 2.24) is 9.80 Å². The lowest BCUT2D eigenvalue weighted by Gasteiger charge is -2.36. The van der Waals surface area contributed by atoms with E-state index in [4.69, 9.17) is 4.74 Å². The summed E-state index contributed by atoms with van der Waals surface area (Å²) in [7, 11) is 0. The van der Waals surface area contributed by atoms with Crippen LogP contribution in [0, 0.1) is 0 Å². The molecule has 1 heterocycles. The number of hydrogen-bond donors (Lipinski definition) is 0. The van der Waals surface area contributed by atoms with Gasteiger partial charge in [0.05, 0.1) is 5.92 Å². The van der Waals surface area contributed by atoms with Gasteiger partial charge in [-0.3, -0.25) is 9.59 Å². The van der Waals surface area contributed by atoms with Crippen LogP contribution in [0.5, 0.6) is 5.75 Å². The van der Waals surface area contributed by atoms with Gasteiger partial charge in [0.25, 0.3) is 5.91 Å². The third-order valence-corrected chi connectivity index (χ3v) is 5.56. The molecule has 0 aliphatic carbocycles. The van der Waals surface area contributed by atoms with E-state index in [1.54, 1.807) is 4.90 Å². The smallest absolute Gasteiger partial charge is 0.260 e. The van der Waals surface area contributed by atoms with Crippen LogP contribution < -0.4 is 4.74 Å². The lowest BCUT2D eigenvalue weighted by Crippen LogP contribution is -2.52. The van der Waals surface area contributed by atoms with E-state index < -0.39 is 0 Å². The van der Waals surface area contributed by atoms with Crippen molar-refractivity contribution in [2.24, 2.45) is 0 Å². The van der Waals surface area contributed by atoms with Crippen molar-refractivity contribution in [3.8, 4) is 5.75 Å². The summed E-state index contributed by atoms with van der Waals surface area (Å²) in [5.41, 5.74) is 1.96. The summed E-state index contributed by atoms with van der Waals surface area (Å²) < 4.78 is 5.58. The van der Waals surface area contributed by atoms with Gasteiger partial charge in [-0.2, -0.15) is 0 Å². The zero-order chi connectivity index (χ0) is 21.5. The molecule has 0 spiro atoms. The first-order valence-corrected chi connectivity index (χ1v) is 10.6. The second kappa shape index (κ2) is 9.94. The summed E-state index contributed by atoms with van der Waals surface area (Å²) >= 11 is 0.